The summed E-state index contributed by atoms with van der Waals surface area (Å²) >= 11 is 11.9. The van der Waals surface area contributed by atoms with Gasteiger partial charge in [0.2, 0.25) is 0 Å². The van der Waals surface area contributed by atoms with E-state index in [9.17, 15) is 9.90 Å². The van der Waals surface area contributed by atoms with E-state index in [0.717, 1.165) is 0 Å². The maximum absolute atomic E-state index is 12.2. The van der Waals surface area contributed by atoms with Gasteiger partial charge in [-0.25, -0.2) is 0 Å². The maximum Gasteiger partial charge on any atom is 0.257 e. The van der Waals surface area contributed by atoms with Crippen LogP contribution < -0.4 is 10.1 Å². The summed E-state index contributed by atoms with van der Waals surface area (Å²) in [7, 11) is 1.51. The monoisotopic (exact) mass is 325 g/mol. The van der Waals surface area contributed by atoms with Gasteiger partial charge in [-0.3, -0.25) is 4.79 Å². The fourth-order valence-corrected chi connectivity index (χ4v) is 2.24. The minimum absolute atomic E-state index is 0.190. The number of aliphatic hydroxyl groups excluding tert-OH is 1. The largest absolute Gasteiger partial charge is 0.496 e. The number of carbonyl (C=O) groups excluding carboxylic acids is 1. The van der Waals surface area contributed by atoms with Gasteiger partial charge in [-0.2, -0.15) is 0 Å². The van der Waals surface area contributed by atoms with Crippen LogP contribution >= 0.6 is 23.2 Å². The summed E-state index contributed by atoms with van der Waals surface area (Å²) < 4.78 is 5.10. The normalized spacial score (nSPS) is 10.3. The number of benzene rings is 2. The molecular formula is C15H13Cl2NO3. The molecule has 0 aromatic heterocycles. The molecular weight excluding hydrogens is 313 g/mol. The summed E-state index contributed by atoms with van der Waals surface area (Å²) in [5.74, 6) is 0.174. The highest BCUT2D eigenvalue weighted by molar-refractivity contribution is 6.44. The maximum atomic E-state index is 12.2. The average molecular weight is 326 g/mol. The first-order chi connectivity index (χ1) is 10.1. The van der Waals surface area contributed by atoms with Gasteiger partial charge in [0.05, 0.1) is 29.3 Å². The number of carbonyl (C=O) groups is 1. The molecule has 21 heavy (non-hydrogen) atoms. The van der Waals surface area contributed by atoms with Crippen LogP contribution in [0.15, 0.2) is 36.4 Å². The van der Waals surface area contributed by atoms with Crippen molar-refractivity contribution in [1.29, 1.82) is 0 Å². The van der Waals surface area contributed by atoms with Crippen LogP contribution in [-0.4, -0.2) is 18.1 Å². The summed E-state index contributed by atoms with van der Waals surface area (Å²) in [6, 6.07) is 9.82. The molecule has 0 saturated heterocycles. The standard InChI is InChI=1S/C15H13Cl2NO3/c1-21-13-6-5-10(7-9(13)8-19)18-15(20)11-3-2-4-12(16)14(11)17/h2-7,19H,8H2,1H3,(H,18,20). The Morgan fingerprint density at radius 2 is 2.05 bits per heavy atom. The molecule has 2 aromatic rings. The summed E-state index contributed by atoms with van der Waals surface area (Å²) in [5.41, 5.74) is 1.39. The van der Waals surface area contributed by atoms with Gasteiger partial charge >= 0.3 is 0 Å². The van der Waals surface area contributed by atoms with Gasteiger partial charge in [0.25, 0.3) is 5.91 Å². The fraction of sp³-hybridized carbons (Fsp3) is 0.133. The van der Waals surface area contributed by atoms with Crippen molar-refractivity contribution in [3.05, 3.63) is 57.6 Å². The molecule has 0 unspecified atom stereocenters. The predicted octanol–water partition coefficient (Wildman–Crippen LogP) is 3.75. The first-order valence-electron chi connectivity index (χ1n) is 6.10. The van der Waals surface area contributed by atoms with Crippen LogP contribution in [0.2, 0.25) is 10.0 Å². The van der Waals surface area contributed by atoms with Crippen LogP contribution in [0.5, 0.6) is 5.75 Å². The first-order valence-corrected chi connectivity index (χ1v) is 6.85. The summed E-state index contributed by atoms with van der Waals surface area (Å²) in [4.78, 5) is 12.2. The van der Waals surface area contributed by atoms with Crippen molar-refractivity contribution < 1.29 is 14.6 Å². The third-order valence-electron chi connectivity index (χ3n) is 2.90. The van der Waals surface area contributed by atoms with Gasteiger partial charge in [-0.15, -0.1) is 0 Å². The Labute approximate surface area is 132 Å². The van der Waals surface area contributed by atoms with Crippen LogP contribution in [-0.2, 0) is 6.61 Å². The summed E-state index contributed by atoms with van der Waals surface area (Å²) in [6.07, 6.45) is 0. The van der Waals surface area contributed by atoms with Crippen LogP contribution in [0.3, 0.4) is 0 Å². The lowest BCUT2D eigenvalue weighted by atomic mass is 10.1. The van der Waals surface area contributed by atoms with E-state index in [0.29, 0.717) is 22.0 Å². The zero-order valence-corrected chi connectivity index (χ0v) is 12.7. The lowest BCUT2D eigenvalue weighted by Gasteiger charge is -2.11. The van der Waals surface area contributed by atoms with Crippen molar-refractivity contribution in [2.75, 3.05) is 12.4 Å². The third kappa shape index (κ3) is 3.47. The molecule has 0 saturated carbocycles. The van der Waals surface area contributed by atoms with Crippen molar-refractivity contribution in [3.63, 3.8) is 0 Å². The number of anilines is 1. The summed E-state index contributed by atoms with van der Waals surface area (Å²) in [5, 5.41) is 12.5. The van der Waals surface area contributed by atoms with Gasteiger partial charge in [0.15, 0.2) is 0 Å². The molecule has 4 nitrogen and oxygen atoms in total. The lowest BCUT2D eigenvalue weighted by molar-refractivity contribution is 0.102. The SMILES string of the molecule is COc1ccc(NC(=O)c2cccc(Cl)c2Cl)cc1CO. The highest BCUT2D eigenvalue weighted by atomic mass is 35.5. The van der Waals surface area contributed by atoms with Gasteiger partial charge in [0.1, 0.15) is 5.75 Å². The topological polar surface area (TPSA) is 58.6 Å². The van der Waals surface area contributed by atoms with Crippen molar-refractivity contribution in [3.8, 4) is 5.75 Å². The molecule has 0 radical (unpaired) electrons. The van der Waals surface area contributed by atoms with Crippen molar-refractivity contribution >= 4 is 34.8 Å². The smallest absolute Gasteiger partial charge is 0.257 e. The molecule has 0 aliphatic rings. The molecule has 110 valence electrons. The van der Waals surface area contributed by atoms with Gasteiger partial charge in [-0.1, -0.05) is 29.3 Å². The highest BCUT2D eigenvalue weighted by Gasteiger charge is 2.13. The van der Waals surface area contributed by atoms with E-state index in [1.54, 1.807) is 36.4 Å². The van der Waals surface area contributed by atoms with Crippen molar-refractivity contribution in [1.82, 2.24) is 0 Å². The molecule has 2 rings (SSSR count). The Morgan fingerprint density at radius 1 is 1.29 bits per heavy atom. The third-order valence-corrected chi connectivity index (χ3v) is 3.72. The molecule has 0 atom stereocenters. The van der Waals surface area contributed by atoms with E-state index >= 15 is 0 Å². The number of hydrogen-bond donors (Lipinski definition) is 2. The molecule has 1 amide bonds. The lowest BCUT2D eigenvalue weighted by Crippen LogP contribution is -2.12. The van der Waals surface area contributed by atoms with Crippen LogP contribution in [0.25, 0.3) is 0 Å². The number of ether oxygens (including phenoxy) is 1. The Hall–Kier alpha value is -1.75. The number of amides is 1. The molecule has 6 heteroatoms. The number of nitrogens with one attached hydrogen (secondary N) is 1. The molecule has 2 N–H and O–H groups in total. The Balaban J connectivity index is 2.25. The molecule has 0 aliphatic carbocycles. The Morgan fingerprint density at radius 3 is 2.71 bits per heavy atom. The predicted molar refractivity (Wildman–Crippen MR) is 83.3 cm³/mol. The second-order valence-electron chi connectivity index (χ2n) is 4.24. The van der Waals surface area contributed by atoms with Crippen molar-refractivity contribution in [2.24, 2.45) is 0 Å². The van der Waals surface area contributed by atoms with E-state index in [4.69, 9.17) is 27.9 Å². The zero-order chi connectivity index (χ0) is 15.4. The van der Waals surface area contributed by atoms with E-state index in [2.05, 4.69) is 5.32 Å². The minimum Gasteiger partial charge on any atom is -0.496 e. The fourth-order valence-electron chi connectivity index (χ4n) is 1.86. The second kappa shape index (κ2) is 6.80. The van der Waals surface area contributed by atoms with Crippen molar-refractivity contribution in [2.45, 2.75) is 6.61 Å². The summed E-state index contributed by atoms with van der Waals surface area (Å²) in [6.45, 7) is -0.190. The van der Waals surface area contributed by atoms with Gasteiger partial charge < -0.3 is 15.2 Å². The second-order valence-corrected chi connectivity index (χ2v) is 5.03. The number of methoxy groups -OCH3 is 1. The quantitative estimate of drug-likeness (QED) is 0.900. The Kier molecular flexibility index (Phi) is 5.07. The first kappa shape index (κ1) is 15.6. The minimum atomic E-state index is -0.378. The van der Waals surface area contributed by atoms with Crippen LogP contribution in [0.1, 0.15) is 15.9 Å². The Bertz CT molecular complexity index is 674. The molecule has 0 heterocycles. The van der Waals surface area contributed by atoms with E-state index in [1.165, 1.54) is 7.11 Å². The molecule has 0 spiro atoms. The number of rotatable bonds is 4. The van der Waals surface area contributed by atoms with Crippen LogP contribution in [0.4, 0.5) is 5.69 Å². The van der Waals surface area contributed by atoms with E-state index < -0.39 is 0 Å². The van der Waals surface area contributed by atoms with Crippen LogP contribution in [0, 0.1) is 0 Å². The molecule has 0 aliphatic heterocycles. The van der Waals surface area contributed by atoms with Gasteiger partial charge in [0, 0.05) is 11.3 Å². The number of halogens is 2. The highest BCUT2D eigenvalue weighted by Crippen LogP contribution is 2.27. The molecule has 2 aromatic carbocycles. The molecule has 0 bridgehead atoms. The van der Waals surface area contributed by atoms with Gasteiger partial charge in [-0.05, 0) is 30.3 Å². The average Bonchev–Trinajstić information content (AvgIpc) is 2.49. The molecule has 0 fully saturated rings. The number of hydrogen-bond acceptors (Lipinski definition) is 3. The number of aliphatic hydroxyl groups is 1. The van der Waals surface area contributed by atoms with E-state index in [-0.39, 0.29) is 23.1 Å². The van der Waals surface area contributed by atoms with E-state index in [1.807, 2.05) is 0 Å². The zero-order valence-electron chi connectivity index (χ0n) is 11.2.